The number of carbonyl (C=O) groups excluding carboxylic acids is 3. The first kappa shape index (κ1) is 20.0. The third kappa shape index (κ3) is 3.50. The van der Waals surface area contributed by atoms with Gasteiger partial charge in [0.1, 0.15) is 5.75 Å². The molecule has 0 fully saturated rings. The van der Waals surface area contributed by atoms with Gasteiger partial charge in [0.2, 0.25) is 0 Å². The average Bonchev–Trinajstić information content (AvgIpc) is 2.62. The Bertz CT molecular complexity index is 1120. The van der Waals surface area contributed by atoms with E-state index in [2.05, 4.69) is 4.28 Å². The standard InChI is InChI=1S/C19H19NO7S/c1-5-19(2,3)18(23)26-12-9-11-7-6-8-13-15(11)14(10-12)17(22)20(16(13)21)27-28(4,24)25/h6-10H,5H2,1-4H3. The maximum absolute atomic E-state index is 12.8. The van der Waals surface area contributed by atoms with Crippen molar-refractivity contribution < 1.29 is 31.8 Å². The van der Waals surface area contributed by atoms with E-state index in [1.165, 1.54) is 12.1 Å². The van der Waals surface area contributed by atoms with Gasteiger partial charge in [-0.05, 0) is 43.9 Å². The highest BCUT2D eigenvalue weighted by Gasteiger charge is 2.37. The van der Waals surface area contributed by atoms with Crippen molar-refractivity contribution in [3.63, 3.8) is 0 Å². The van der Waals surface area contributed by atoms with Crippen molar-refractivity contribution in [1.29, 1.82) is 0 Å². The van der Waals surface area contributed by atoms with Crippen LogP contribution in [0.15, 0.2) is 30.3 Å². The summed E-state index contributed by atoms with van der Waals surface area (Å²) < 4.78 is 33.0. The number of amides is 2. The summed E-state index contributed by atoms with van der Waals surface area (Å²) in [6.45, 7) is 5.33. The number of ether oxygens (including phenoxy) is 1. The maximum atomic E-state index is 12.8. The van der Waals surface area contributed by atoms with Crippen molar-refractivity contribution in [3.05, 3.63) is 41.5 Å². The Balaban J connectivity index is 2.13. The van der Waals surface area contributed by atoms with Gasteiger partial charge < -0.3 is 4.74 Å². The molecule has 0 aromatic heterocycles. The molecule has 1 aliphatic heterocycles. The Morgan fingerprint density at radius 3 is 2.36 bits per heavy atom. The van der Waals surface area contributed by atoms with E-state index in [0.29, 0.717) is 17.2 Å². The minimum Gasteiger partial charge on any atom is -0.426 e. The van der Waals surface area contributed by atoms with Gasteiger partial charge in [0, 0.05) is 5.39 Å². The molecule has 1 heterocycles. The lowest BCUT2D eigenvalue weighted by Crippen LogP contribution is -2.41. The number of hydroxylamine groups is 2. The highest BCUT2D eigenvalue weighted by Crippen LogP contribution is 2.35. The molecule has 0 unspecified atom stereocenters. The molecule has 0 aliphatic carbocycles. The summed E-state index contributed by atoms with van der Waals surface area (Å²) in [4.78, 5) is 37.7. The summed E-state index contributed by atoms with van der Waals surface area (Å²) in [5.74, 6) is -2.19. The molecule has 3 rings (SSSR count). The van der Waals surface area contributed by atoms with Crippen LogP contribution in [-0.2, 0) is 19.2 Å². The van der Waals surface area contributed by atoms with E-state index in [4.69, 9.17) is 4.74 Å². The van der Waals surface area contributed by atoms with Crippen molar-refractivity contribution in [2.75, 3.05) is 6.26 Å². The Kier molecular flexibility index (Phi) is 4.76. The number of rotatable bonds is 5. The highest BCUT2D eigenvalue weighted by atomic mass is 32.2. The van der Waals surface area contributed by atoms with E-state index in [1.807, 2.05) is 6.92 Å². The Hall–Kier alpha value is -2.78. The minimum atomic E-state index is -4.11. The number of benzene rings is 2. The monoisotopic (exact) mass is 405 g/mol. The summed E-state index contributed by atoms with van der Waals surface area (Å²) in [7, 11) is -4.11. The van der Waals surface area contributed by atoms with Gasteiger partial charge in [-0.3, -0.25) is 14.4 Å². The fourth-order valence-corrected chi connectivity index (χ4v) is 3.12. The fraction of sp³-hybridized carbons (Fsp3) is 0.316. The summed E-state index contributed by atoms with van der Waals surface area (Å²) in [6, 6.07) is 7.57. The molecule has 28 heavy (non-hydrogen) atoms. The predicted octanol–water partition coefficient (Wildman–Crippen LogP) is 2.67. The van der Waals surface area contributed by atoms with Crippen molar-refractivity contribution in [3.8, 4) is 5.75 Å². The topological polar surface area (TPSA) is 107 Å². The lowest BCUT2D eigenvalue weighted by Gasteiger charge is -2.25. The van der Waals surface area contributed by atoms with E-state index in [0.717, 1.165) is 6.26 Å². The fourth-order valence-electron chi connectivity index (χ4n) is 2.71. The molecule has 0 N–H and O–H groups in total. The van der Waals surface area contributed by atoms with Crippen LogP contribution in [0, 0.1) is 5.41 Å². The molecular weight excluding hydrogens is 386 g/mol. The second-order valence-corrected chi connectivity index (χ2v) is 8.74. The molecule has 2 amide bonds. The van der Waals surface area contributed by atoms with Crippen LogP contribution in [0.3, 0.4) is 0 Å². The third-order valence-corrected chi connectivity index (χ3v) is 5.06. The molecule has 0 bridgehead atoms. The van der Waals surface area contributed by atoms with Crippen LogP contribution in [0.2, 0.25) is 0 Å². The lowest BCUT2D eigenvalue weighted by molar-refractivity contribution is -0.144. The quantitative estimate of drug-likeness (QED) is 0.427. The van der Waals surface area contributed by atoms with Crippen molar-refractivity contribution in [2.45, 2.75) is 27.2 Å². The predicted molar refractivity (Wildman–Crippen MR) is 100 cm³/mol. The molecule has 8 nitrogen and oxygen atoms in total. The van der Waals surface area contributed by atoms with Crippen LogP contribution < -0.4 is 4.74 Å². The van der Waals surface area contributed by atoms with Crippen molar-refractivity contribution in [1.82, 2.24) is 5.06 Å². The summed E-state index contributed by atoms with van der Waals surface area (Å²) in [5.41, 5.74) is -0.602. The van der Waals surface area contributed by atoms with Crippen molar-refractivity contribution >= 4 is 38.7 Å². The second kappa shape index (κ2) is 6.68. The van der Waals surface area contributed by atoms with Gasteiger partial charge in [0.25, 0.3) is 21.9 Å². The number of carbonyl (C=O) groups is 3. The van der Waals surface area contributed by atoms with Crippen LogP contribution >= 0.6 is 0 Å². The first-order valence-corrected chi connectivity index (χ1v) is 10.3. The first-order valence-electron chi connectivity index (χ1n) is 8.52. The van der Waals surface area contributed by atoms with Gasteiger partial charge in [-0.1, -0.05) is 19.1 Å². The summed E-state index contributed by atoms with van der Waals surface area (Å²) in [5, 5.41) is 1.06. The molecule has 2 aromatic rings. The summed E-state index contributed by atoms with van der Waals surface area (Å²) >= 11 is 0. The van der Waals surface area contributed by atoms with Crippen LogP contribution in [0.25, 0.3) is 10.8 Å². The number of imide groups is 1. The van der Waals surface area contributed by atoms with E-state index in [-0.39, 0.29) is 21.9 Å². The van der Waals surface area contributed by atoms with Crippen LogP contribution in [0.4, 0.5) is 0 Å². The smallest absolute Gasteiger partial charge is 0.316 e. The molecule has 0 saturated carbocycles. The first-order chi connectivity index (χ1) is 12.9. The van der Waals surface area contributed by atoms with Crippen LogP contribution in [0.1, 0.15) is 47.9 Å². The van der Waals surface area contributed by atoms with Crippen molar-refractivity contribution in [2.24, 2.45) is 5.41 Å². The van der Waals surface area contributed by atoms with Gasteiger partial charge >= 0.3 is 5.97 Å². The highest BCUT2D eigenvalue weighted by molar-refractivity contribution is 7.85. The largest absolute Gasteiger partial charge is 0.426 e. The normalized spacial score (nSPS) is 14.5. The molecule has 9 heteroatoms. The second-order valence-electron chi connectivity index (χ2n) is 7.18. The third-order valence-electron chi connectivity index (χ3n) is 4.64. The molecule has 0 spiro atoms. The van der Waals surface area contributed by atoms with Crippen LogP contribution in [-0.4, -0.2) is 37.5 Å². The zero-order valence-corrected chi connectivity index (χ0v) is 16.6. The van der Waals surface area contributed by atoms with Gasteiger partial charge in [0.05, 0.1) is 22.8 Å². The SMILES string of the molecule is CCC(C)(C)C(=O)Oc1cc2c3c(cccc3c1)C(=O)N(OS(C)(=O)=O)C2=O. The van der Waals surface area contributed by atoms with Gasteiger partial charge in [0.15, 0.2) is 0 Å². The lowest BCUT2D eigenvalue weighted by atomic mass is 9.90. The number of hydrogen-bond donors (Lipinski definition) is 0. The molecule has 1 aliphatic rings. The molecule has 0 saturated heterocycles. The molecule has 0 radical (unpaired) electrons. The van der Waals surface area contributed by atoms with Crippen LogP contribution in [0.5, 0.6) is 5.75 Å². The number of nitrogens with zero attached hydrogens (tertiary/aromatic N) is 1. The zero-order chi connectivity index (χ0) is 20.9. The summed E-state index contributed by atoms with van der Waals surface area (Å²) in [6.07, 6.45) is 1.29. The Morgan fingerprint density at radius 2 is 1.75 bits per heavy atom. The van der Waals surface area contributed by atoms with E-state index >= 15 is 0 Å². The van der Waals surface area contributed by atoms with E-state index < -0.39 is 33.3 Å². The molecular formula is C19H19NO7S. The zero-order valence-electron chi connectivity index (χ0n) is 15.8. The average molecular weight is 405 g/mol. The maximum Gasteiger partial charge on any atom is 0.316 e. The van der Waals surface area contributed by atoms with Gasteiger partial charge in [-0.2, -0.15) is 8.42 Å². The Labute approximate surface area is 162 Å². The van der Waals surface area contributed by atoms with Gasteiger partial charge in [-0.15, -0.1) is 9.35 Å². The molecule has 0 atom stereocenters. The molecule has 2 aromatic carbocycles. The minimum absolute atomic E-state index is 0.00783. The molecule has 148 valence electrons. The van der Waals surface area contributed by atoms with E-state index in [9.17, 15) is 22.8 Å². The number of esters is 1. The van der Waals surface area contributed by atoms with E-state index in [1.54, 1.807) is 32.0 Å². The Morgan fingerprint density at radius 1 is 1.11 bits per heavy atom. The number of hydrogen-bond acceptors (Lipinski definition) is 7. The van der Waals surface area contributed by atoms with Gasteiger partial charge in [-0.25, -0.2) is 0 Å².